The van der Waals surface area contributed by atoms with E-state index in [1.807, 2.05) is 6.92 Å². The minimum absolute atomic E-state index is 0.0450. The summed E-state index contributed by atoms with van der Waals surface area (Å²) in [5, 5.41) is 11.7. The topological polar surface area (TPSA) is 95.7 Å². The highest BCUT2D eigenvalue weighted by molar-refractivity contribution is 5.93. The van der Waals surface area contributed by atoms with Crippen LogP contribution in [-0.2, 0) is 4.79 Å². The molecular formula is C13H17N3O3. The zero-order chi connectivity index (χ0) is 14.0. The first-order valence-electron chi connectivity index (χ1n) is 6.12. The van der Waals surface area contributed by atoms with Gasteiger partial charge in [-0.25, -0.2) is 4.79 Å². The first kappa shape index (κ1) is 13.2. The maximum absolute atomic E-state index is 12.0. The van der Waals surface area contributed by atoms with Gasteiger partial charge in [-0.3, -0.25) is 4.79 Å². The van der Waals surface area contributed by atoms with Crippen molar-refractivity contribution in [3.63, 3.8) is 0 Å². The van der Waals surface area contributed by atoms with Gasteiger partial charge in [-0.05, 0) is 18.1 Å². The lowest BCUT2D eigenvalue weighted by molar-refractivity contribution is -0.142. The molecule has 1 aromatic rings. The Balaban J connectivity index is 2.02. The van der Waals surface area contributed by atoms with Gasteiger partial charge in [-0.1, -0.05) is 19.1 Å². The molecule has 1 saturated heterocycles. The fraction of sp³-hybridized carbons (Fsp3) is 0.385. The van der Waals surface area contributed by atoms with E-state index in [2.05, 4.69) is 5.32 Å². The third-order valence-electron chi connectivity index (χ3n) is 3.42. The number of carbonyl (C=O) groups is 2. The predicted molar refractivity (Wildman–Crippen MR) is 71.7 cm³/mol. The summed E-state index contributed by atoms with van der Waals surface area (Å²) in [4.78, 5) is 24.6. The van der Waals surface area contributed by atoms with Crippen LogP contribution in [0.25, 0.3) is 0 Å². The molecule has 1 aliphatic rings. The number of benzene rings is 1. The average Bonchev–Trinajstić information content (AvgIpc) is 2.74. The van der Waals surface area contributed by atoms with Gasteiger partial charge in [0.15, 0.2) is 0 Å². The predicted octanol–water partition coefficient (Wildman–Crippen LogP) is 1.45. The Morgan fingerprint density at radius 2 is 2.05 bits per heavy atom. The van der Waals surface area contributed by atoms with Crippen LogP contribution in [0.2, 0.25) is 0 Å². The lowest BCUT2D eigenvalue weighted by Gasteiger charge is -2.17. The highest BCUT2D eigenvalue weighted by atomic mass is 16.4. The van der Waals surface area contributed by atoms with E-state index in [1.165, 1.54) is 4.90 Å². The molecule has 1 aromatic carbocycles. The van der Waals surface area contributed by atoms with Crippen molar-refractivity contribution < 1.29 is 14.7 Å². The number of urea groups is 1. The Bertz CT molecular complexity index is 504. The lowest BCUT2D eigenvalue weighted by Crippen LogP contribution is -2.34. The number of hydrogen-bond acceptors (Lipinski definition) is 3. The van der Waals surface area contributed by atoms with Crippen molar-refractivity contribution >= 4 is 23.4 Å². The van der Waals surface area contributed by atoms with E-state index in [9.17, 15) is 9.59 Å². The monoisotopic (exact) mass is 263 g/mol. The van der Waals surface area contributed by atoms with Crippen LogP contribution in [0, 0.1) is 11.8 Å². The number of nitrogens with one attached hydrogen (secondary N) is 1. The quantitative estimate of drug-likeness (QED) is 0.704. The second kappa shape index (κ2) is 5.17. The van der Waals surface area contributed by atoms with E-state index in [0.29, 0.717) is 17.9 Å². The molecule has 102 valence electrons. The number of nitrogens with zero attached hydrogens (tertiary/aromatic N) is 1. The summed E-state index contributed by atoms with van der Waals surface area (Å²) in [6, 6.07) is 6.65. The van der Waals surface area contributed by atoms with E-state index < -0.39 is 11.9 Å². The number of nitrogens with two attached hydrogens (primary N) is 1. The van der Waals surface area contributed by atoms with E-state index >= 15 is 0 Å². The molecule has 0 bridgehead atoms. The molecule has 1 aliphatic heterocycles. The second-order valence-corrected chi connectivity index (χ2v) is 4.84. The average molecular weight is 263 g/mol. The number of carboxylic acids is 1. The molecule has 2 rings (SSSR count). The first-order chi connectivity index (χ1) is 8.99. The van der Waals surface area contributed by atoms with Gasteiger partial charge in [0.25, 0.3) is 0 Å². The van der Waals surface area contributed by atoms with Crippen molar-refractivity contribution in [1.29, 1.82) is 0 Å². The number of aliphatic carboxylic acids is 1. The van der Waals surface area contributed by atoms with Crippen LogP contribution in [0.15, 0.2) is 24.3 Å². The van der Waals surface area contributed by atoms with Crippen molar-refractivity contribution in [3.8, 4) is 0 Å². The van der Waals surface area contributed by atoms with Crippen LogP contribution in [0.3, 0.4) is 0 Å². The molecule has 2 unspecified atom stereocenters. The molecule has 6 heteroatoms. The molecule has 0 aliphatic carbocycles. The van der Waals surface area contributed by atoms with Crippen molar-refractivity contribution in [2.24, 2.45) is 11.8 Å². The van der Waals surface area contributed by atoms with Crippen LogP contribution < -0.4 is 11.1 Å². The molecule has 0 radical (unpaired) electrons. The Labute approximate surface area is 111 Å². The lowest BCUT2D eigenvalue weighted by atomic mass is 9.99. The van der Waals surface area contributed by atoms with Gasteiger partial charge >= 0.3 is 12.0 Å². The van der Waals surface area contributed by atoms with Gasteiger partial charge in [0.1, 0.15) is 0 Å². The molecule has 1 heterocycles. The summed E-state index contributed by atoms with van der Waals surface area (Å²) < 4.78 is 0. The summed E-state index contributed by atoms with van der Waals surface area (Å²) in [6.45, 7) is 2.51. The van der Waals surface area contributed by atoms with Crippen molar-refractivity contribution in [2.45, 2.75) is 6.92 Å². The number of anilines is 2. The number of amides is 2. The van der Waals surface area contributed by atoms with Crippen molar-refractivity contribution in [2.75, 3.05) is 24.1 Å². The number of carbonyl (C=O) groups excluding carboxylic acids is 1. The van der Waals surface area contributed by atoms with Crippen LogP contribution in [0.1, 0.15) is 6.92 Å². The van der Waals surface area contributed by atoms with Crippen molar-refractivity contribution in [1.82, 2.24) is 4.90 Å². The van der Waals surface area contributed by atoms with E-state index in [4.69, 9.17) is 10.8 Å². The SMILES string of the molecule is CC1CN(C(=O)Nc2ccccc2N)CC1C(=O)O. The number of hydrogen-bond donors (Lipinski definition) is 3. The van der Waals surface area contributed by atoms with Gasteiger partial charge in [0, 0.05) is 13.1 Å². The molecule has 2 atom stereocenters. The number of nitrogen functional groups attached to an aromatic ring is 1. The summed E-state index contributed by atoms with van der Waals surface area (Å²) in [6.07, 6.45) is 0. The highest BCUT2D eigenvalue weighted by Crippen LogP contribution is 2.24. The van der Waals surface area contributed by atoms with Crippen LogP contribution in [0.5, 0.6) is 0 Å². The third-order valence-corrected chi connectivity index (χ3v) is 3.42. The minimum Gasteiger partial charge on any atom is -0.481 e. The summed E-state index contributed by atoms with van der Waals surface area (Å²) >= 11 is 0. The van der Waals surface area contributed by atoms with Gasteiger partial charge in [-0.15, -0.1) is 0 Å². The molecule has 19 heavy (non-hydrogen) atoms. The van der Waals surface area contributed by atoms with E-state index in [1.54, 1.807) is 24.3 Å². The molecule has 2 amide bonds. The van der Waals surface area contributed by atoms with Crippen LogP contribution >= 0.6 is 0 Å². The van der Waals surface area contributed by atoms with Gasteiger partial charge < -0.3 is 21.1 Å². The normalized spacial score (nSPS) is 22.3. The van der Waals surface area contributed by atoms with E-state index in [-0.39, 0.29) is 18.5 Å². The Morgan fingerprint density at radius 1 is 1.37 bits per heavy atom. The molecule has 0 saturated carbocycles. The molecular weight excluding hydrogens is 246 g/mol. The minimum atomic E-state index is -0.859. The van der Waals surface area contributed by atoms with Crippen LogP contribution in [-0.4, -0.2) is 35.1 Å². The third kappa shape index (κ3) is 2.78. The Morgan fingerprint density at radius 3 is 2.63 bits per heavy atom. The smallest absolute Gasteiger partial charge is 0.321 e. The van der Waals surface area contributed by atoms with Gasteiger partial charge in [0.2, 0.25) is 0 Å². The first-order valence-corrected chi connectivity index (χ1v) is 6.12. The molecule has 0 spiro atoms. The van der Waals surface area contributed by atoms with Gasteiger partial charge in [-0.2, -0.15) is 0 Å². The number of rotatable bonds is 2. The molecule has 6 nitrogen and oxygen atoms in total. The Kier molecular flexibility index (Phi) is 3.59. The zero-order valence-corrected chi connectivity index (χ0v) is 10.7. The van der Waals surface area contributed by atoms with Gasteiger partial charge in [0.05, 0.1) is 17.3 Å². The molecule has 4 N–H and O–H groups in total. The fourth-order valence-corrected chi connectivity index (χ4v) is 2.26. The van der Waals surface area contributed by atoms with Crippen LogP contribution in [0.4, 0.5) is 16.2 Å². The Hall–Kier alpha value is -2.24. The highest BCUT2D eigenvalue weighted by Gasteiger charge is 2.36. The summed E-state index contributed by atoms with van der Waals surface area (Å²) in [5.74, 6) is -1.41. The maximum atomic E-state index is 12.0. The second-order valence-electron chi connectivity index (χ2n) is 4.84. The fourth-order valence-electron chi connectivity index (χ4n) is 2.26. The summed E-state index contributed by atoms with van der Waals surface area (Å²) in [5.41, 5.74) is 6.77. The molecule has 1 fully saturated rings. The van der Waals surface area contributed by atoms with E-state index in [0.717, 1.165) is 0 Å². The number of carboxylic acid groups (broad SMARTS) is 1. The number of likely N-dealkylation sites (tertiary alicyclic amines) is 1. The zero-order valence-electron chi connectivity index (χ0n) is 10.7. The number of para-hydroxylation sites is 2. The summed E-state index contributed by atoms with van der Waals surface area (Å²) in [7, 11) is 0. The largest absolute Gasteiger partial charge is 0.481 e. The molecule has 0 aromatic heterocycles. The van der Waals surface area contributed by atoms with Crippen molar-refractivity contribution in [3.05, 3.63) is 24.3 Å². The standard InChI is InChI=1S/C13H17N3O3/c1-8-6-16(7-9(8)12(17)18)13(19)15-11-5-3-2-4-10(11)14/h2-5,8-9H,6-7,14H2,1H3,(H,15,19)(H,17,18). The maximum Gasteiger partial charge on any atom is 0.321 e.